The number of ether oxygens (including phenoxy) is 2. The minimum Gasteiger partial charge on any atom is -0.469 e. The van der Waals surface area contributed by atoms with Crippen molar-refractivity contribution < 1.29 is 27.4 Å². The average molecular weight is 311 g/mol. The molecule has 4 nitrogen and oxygen atoms in total. The molecule has 0 fully saturated rings. The molecular weight excluding hydrogens is 295 g/mol. The molecule has 1 aromatic rings. The van der Waals surface area contributed by atoms with Crippen molar-refractivity contribution in [1.82, 2.24) is 5.32 Å². The number of hydrogen-bond donors (Lipinski definition) is 1. The molecule has 0 amide bonds. The fourth-order valence-corrected chi connectivity index (χ4v) is 2.34. The molecule has 1 heterocycles. The second-order valence-corrected chi connectivity index (χ2v) is 5.22. The summed E-state index contributed by atoms with van der Waals surface area (Å²) in [4.78, 5) is 13.0. The predicted molar refractivity (Wildman–Crippen MR) is 68.6 cm³/mol. The smallest absolute Gasteiger partial charge is 0.411 e. The van der Waals surface area contributed by atoms with Crippen LogP contribution in [-0.2, 0) is 27.2 Å². The SMILES string of the molecule is COC(=O)Cc1ccc(CNCCOCC(F)(F)F)s1. The van der Waals surface area contributed by atoms with Crippen LogP contribution in [0.4, 0.5) is 13.2 Å². The van der Waals surface area contributed by atoms with Crippen molar-refractivity contribution in [3.63, 3.8) is 0 Å². The van der Waals surface area contributed by atoms with Crippen molar-refractivity contribution in [2.45, 2.75) is 19.1 Å². The first-order valence-corrected chi connectivity index (χ1v) is 6.72. The fraction of sp³-hybridized carbons (Fsp3) is 0.583. The number of esters is 1. The number of thiophene rings is 1. The predicted octanol–water partition coefficient (Wildman–Crippen LogP) is 2.13. The maximum atomic E-state index is 11.8. The van der Waals surface area contributed by atoms with Crippen LogP contribution in [0.2, 0.25) is 0 Å². The molecule has 1 aromatic heterocycles. The number of hydrogen-bond acceptors (Lipinski definition) is 5. The molecule has 0 aromatic carbocycles. The molecule has 0 unspecified atom stereocenters. The zero-order valence-corrected chi connectivity index (χ0v) is 11.8. The van der Waals surface area contributed by atoms with Gasteiger partial charge >= 0.3 is 12.1 Å². The van der Waals surface area contributed by atoms with Crippen LogP contribution in [0.5, 0.6) is 0 Å². The molecule has 0 atom stereocenters. The van der Waals surface area contributed by atoms with E-state index < -0.39 is 12.8 Å². The summed E-state index contributed by atoms with van der Waals surface area (Å²) >= 11 is 1.46. The molecule has 0 aliphatic heterocycles. The van der Waals surface area contributed by atoms with Crippen LogP contribution in [0, 0.1) is 0 Å². The van der Waals surface area contributed by atoms with Crippen LogP contribution in [-0.4, -0.2) is 39.0 Å². The number of halogens is 3. The summed E-state index contributed by atoms with van der Waals surface area (Å²) in [5, 5.41) is 2.97. The van der Waals surface area contributed by atoms with Gasteiger partial charge in [0.05, 0.1) is 20.1 Å². The zero-order chi connectivity index (χ0) is 15.0. The Morgan fingerprint density at radius 1 is 1.35 bits per heavy atom. The number of carbonyl (C=O) groups excluding carboxylic acids is 1. The van der Waals surface area contributed by atoms with Crippen LogP contribution in [0.3, 0.4) is 0 Å². The van der Waals surface area contributed by atoms with Crippen molar-refractivity contribution in [2.24, 2.45) is 0 Å². The molecule has 0 aliphatic carbocycles. The first kappa shape index (κ1) is 16.9. The summed E-state index contributed by atoms with van der Waals surface area (Å²) in [5.41, 5.74) is 0. The highest BCUT2D eigenvalue weighted by molar-refractivity contribution is 7.12. The third-order valence-corrected chi connectivity index (χ3v) is 3.34. The molecule has 8 heteroatoms. The Bertz CT molecular complexity index is 420. The van der Waals surface area contributed by atoms with Crippen LogP contribution in [0.15, 0.2) is 12.1 Å². The molecule has 0 spiro atoms. The Morgan fingerprint density at radius 2 is 2.05 bits per heavy atom. The van der Waals surface area contributed by atoms with E-state index in [-0.39, 0.29) is 19.0 Å². The van der Waals surface area contributed by atoms with Gasteiger partial charge in [-0.3, -0.25) is 4.79 Å². The van der Waals surface area contributed by atoms with E-state index in [2.05, 4.69) is 14.8 Å². The normalized spacial score (nSPS) is 11.6. The zero-order valence-electron chi connectivity index (χ0n) is 11.0. The van der Waals surface area contributed by atoms with Gasteiger partial charge in [-0.15, -0.1) is 11.3 Å². The van der Waals surface area contributed by atoms with Gasteiger partial charge in [0.2, 0.25) is 0 Å². The lowest BCUT2D eigenvalue weighted by molar-refractivity contribution is -0.173. The highest BCUT2D eigenvalue weighted by Gasteiger charge is 2.27. The van der Waals surface area contributed by atoms with Crippen LogP contribution >= 0.6 is 11.3 Å². The summed E-state index contributed by atoms with van der Waals surface area (Å²) in [7, 11) is 1.33. The number of nitrogens with one attached hydrogen (secondary N) is 1. The topological polar surface area (TPSA) is 47.6 Å². The van der Waals surface area contributed by atoms with E-state index in [0.29, 0.717) is 13.1 Å². The van der Waals surface area contributed by atoms with Gasteiger partial charge in [-0.25, -0.2) is 0 Å². The molecule has 0 bridgehead atoms. The number of alkyl halides is 3. The lowest BCUT2D eigenvalue weighted by Gasteiger charge is -2.07. The van der Waals surface area contributed by atoms with Gasteiger partial charge in [-0.05, 0) is 12.1 Å². The van der Waals surface area contributed by atoms with E-state index >= 15 is 0 Å². The van der Waals surface area contributed by atoms with Crippen LogP contribution in [0.25, 0.3) is 0 Å². The molecular formula is C12H16F3NO3S. The highest BCUT2D eigenvalue weighted by Crippen LogP contribution is 2.17. The van der Waals surface area contributed by atoms with Crippen LogP contribution < -0.4 is 5.32 Å². The first-order valence-electron chi connectivity index (χ1n) is 5.90. The van der Waals surface area contributed by atoms with E-state index in [1.54, 1.807) is 0 Å². The van der Waals surface area contributed by atoms with Crippen molar-refractivity contribution in [3.05, 3.63) is 21.9 Å². The van der Waals surface area contributed by atoms with Gasteiger partial charge < -0.3 is 14.8 Å². The molecule has 1 rings (SSSR count). The molecule has 20 heavy (non-hydrogen) atoms. The van der Waals surface area contributed by atoms with Gasteiger partial charge in [0.15, 0.2) is 0 Å². The fourth-order valence-electron chi connectivity index (χ4n) is 1.37. The van der Waals surface area contributed by atoms with Gasteiger partial charge in [0.25, 0.3) is 0 Å². The summed E-state index contributed by atoms with van der Waals surface area (Å²) in [6.07, 6.45) is -4.05. The lowest BCUT2D eigenvalue weighted by Crippen LogP contribution is -2.23. The van der Waals surface area contributed by atoms with E-state index in [0.717, 1.165) is 9.75 Å². The summed E-state index contributed by atoms with van der Waals surface area (Å²) in [6.45, 7) is -0.363. The third kappa shape index (κ3) is 7.46. The van der Waals surface area contributed by atoms with Crippen molar-refractivity contribution in [3.8, 4) is 0 Å². The molecule has 0 aliphatic rings. The Morgan fingerprint density at radius 3 is 2.70 bits per heavy atom. The maximum Gasteiger partial charge on any atom is 0.411 e. The van der Waals surface area contributed by atoms with Gasteiger partial charge in [0.1, 0.15) is 6.61 Å². The second kappa shape index (κ2) is 8.23. The third-order valence-electron chi connectivity index (χ3n) is 2.25. The van der Waals surface area contributed by atoms with Crippen molar-refractivity contribution >= 4 is 17.3 Å². The summed E-state index contributed by atoms with van der Waals surface area (Å²) in [5.74, 6) is -0.299. The second-order valence-electron chi connectivity index (χ2n) is 3.97. The highest BCUT2D eigenvalue weighted by atomic mass is 32.1. The largest absolute Gasteiger partial charge is 0.469 e. The Labute approximate surface area is 118 Å². The molecule has 0 saturated heterocycles. The minimum atomic E-state index is -4.28. The summed E-state index contributed by atoms with van der Waals surface area (Å²) in [6, 6.07) is 3.70. The van der Waals surface area contributed by atoms with Gasteiger partial charge in [-0.2, -0.15) is 13.2 Å². The Balaban J connectivity index is 2.15. The van der Waals surface area contributed by atoms with Gasteiger partial charge in [-0.1, -0.05) is 0 Å². The van der Waals surface area contributed by atoms with E-state index in [1.165, 1.54) is 18.4 Å². The number of carbonyl (C=O) groups is 1. The first-order chi connectivity index (χ1) is 9.40. The monoisotopic (exact) mass is 311 g/mol. The molecule has 1 N–H and O–H groups in total. The maximum absolute atomic E-state index is 11.8. The average Bonchev–Trinajstić information content (AvgIpc) is 2.79. The Hall–Kier alpha value is -1.12. The van der Waals surface area contributed by atoms with Gasteiger partial charge in [0, 0.05) is 22.8 Å². The molecule has 114 valence electrons. The van der Waals surface area contributed by atoms with Crippen molar-refractivity contribution in [1.29, 1.82) is 0 Å². The Kier molecular flexibility index (Phi) is 6.97. The van der Waals surface area contributed by atoms with Crippen LogP contribution in [0.1, 0.15) is 9.75 Å². The van der Waals surface area contributed by atoms with E-state index in [1.807, 2.05) is 12.1 Å². The minimum absolute atomic E-state index is 0.0000962. The van der Waals surface area contributed by atoms with Crippen molar-refractivity contribution in [2.75, 3.05) is 26.9 Å². The standard InChI is InChI=1S/C12H16F3NO3S/c1-18-11(17)6-9-2-3-10(20-9)7-16-4-5-19-8-12(13,14)15/h2-3,16H,4-8H2,1H3. The summed E-state index contributed by atoms with van der Waals surface area (Å²) < 4.78 is 44.4. The number of rotatable bonds is 8. The van der Waals surface area contributed by atoms with E-state index in [9.17, 15) is 18.0 Å². The van der Waals surface area contributed by atoms with E-state index in [4.69, 9.17) is 0 Å². The molecule has 0 radical (unpaired) electrons. The lowest BCUT2D eigenvalue weighted by atomic mass is 10.3. The quantitative estimate of drug-likeness (QED) is 0.590. The molecule has 0 saturated carbocycles. The number of methoxy groups -OCH3 is 1.